The number of hydrogen-bond donors (Lipinski definition) is 1. The van der Waals surface area contributed by atoms with Crippen molar-refractivity contribution in [1.29, 1.82) is 0 Å². The van der Waals surface area contributed by atoms with Gasteiger partial charge in [-0.25, -0.2) is 9.59 Å². The van der Waals surface area contributed by atoms with Gasteiger partial charge in [-0.15, -0.1) is 11.8 Å². The van der Waals surface area contributed by atoms with E-state index in [1.807, 2.05) is 0 Å². The Kier molecular flexibility index (Phi) is 8.71. The zero-order chi connectivity index (χ0) is 26.2. The fraction of sp³-hybridized carbons (Fsp3) is 0.167. The first-order chi connectivity index (χ1) is 17.2. The van der Waals surface area contributed by atoms with Gasteiger partial charge in [-0.2, -0.15) is 0 Å². The smallest absolute Gasteiger partial charge is 0.343 e. The first-order valence-corrected chi connectivity index (χ1v) is 11.4. The summed E-state index contributed by atoms with van der Waals surface area (Å²) in [5.74, 6) is -1.49. The Morgan fingerprint density at radius 2 is 1.58 bits per heavy atom. The van der Waals surface area contributed by atoms with E-state index in [9.17, 15) is 34.9 Å². The number of nitro groups is 2. The number of rotatable bonds is 10. The van der Waals surface area contributed by atoms with Crippen molar-refractivity contribution >= 4 is 35.1 Å². The molecule has 1 N–H and O–H groups in total. The summed E-state index contributed by atoms with van der Waals surface area (Å²) in [6.07, 6.45) is -1.64. The normalized spacial score (nSPS) is 12.3. The molecule has 186 valence electrons. The van der Waals surface area contributed by atoms with Crippen molar-refractivity contribution in [1.82, 2.24) is 0 Å². The number of esters is 2. The number of carbonyl (C=O) groups excluding carboxylic acids is 2. The number of ether oxygens (including phenoxy) is 2. The molecule has 0 aliphatic heterocycles. The Hall–Kier alpha value is -4.29. The summed E-state index contributed by atoms with van der Waals surface area (Å²) in [6, 6.07) is 16.7. The molecular weight excluding hydrogens is 492 g/mol. The van der Waals surface area contributed by atoms with Crippen LogP contribution >= 0.6 is 11.8 Å². The number of nitro benzene ring substituents is 2. The minimum Gasteiger partial charge on any atom is -0.464 e. The Morgan fingerprint density at radius 3 is 2.17 bits per heavy atom. The van der Waals surface area contributed by atoms with Crippen LogP contribution in [0.4, 0.5) is 11.4 Å². The molecule has 3 rings (SSSR count). The summed E-state index contributed by atoms with van der Waals surface area (Å²) in [7, 11) is 0. The number of benzene rings is 3. The van der Waals surface area contributed by atoms with Gasteiger partial charge in [-0.3, -0.25) is 20.2 Å². The summed E-state index contributed by atoms with van der Waals surface area (Å²) in [4.78, 5) is 45.9. The van der Waals surface area contributed by atoms with Gasteiger partial charge >= 0.3 is 11.9 Å². The number of thioether (sulfide) groups is 1. The topological polar surface area (TPSA) is 159 Å². The van der Waals surface area contributed by atoms with E-state index in [1.54, 1.807) is 13.0 Å². The Balaban J connectivity index is 1.84. The molecule has 0 saturated carbocycles. The van der Waals surface area contributed by atoms with Crippen LogP contribution in [0.15, 0.2) is 77.7 Å². The molecule has 0 aliphatic carbocycles. The zero-order valence-corrected chi connectivity index (χ0v) is 19.6. The van der Waals surface area contributed by atoms with E-state index < -0.39 is 33.1 Å². The highest BCUT2D eigenvalue weighted by Gasteiger charge is 2.32. The van der Waals surface area contributed by atoms with E-state index >= 15 is 0 Å². The van der Waals surface area contributed by atoms with E-state index in [2.05, 4.69) is 0 Å². The molecule has 0 heterocycles. The van der Waals surface area contributed by atoms with Gasteiger partial charge in [0.1, 0.15) is 5.75 Å². The molecule has 2 atom stereocenters. The predicted molar refractivity (Wildman–Crippen MR) is 129 cm³/mol. The summed E-state index contributed by atoms with van der Waals surface area (Å²) in [5, 5.41) is 31.9. The highest BCUT2D eigenvalue weighted by Crippen LogP contribution is 2.42. The van der Waals surface area contributed by atoms with Gasteiger partial charge in [0.2, 0.25) is 0 Å². The van der Waals surface area contributed by atoms with Crippen LogP contribution in [-0.4, -0.2) is 39.6 Å². The molecule has 36 heavy (non-hydrogen) atoms. The highest BCUT2D eigenvalue weighted by atomic mass is 32.2. The van der Waals surface area contributed by atoms with Crippen molar-refractivity contribution in [2.24, 2.45) is 0 Å². The van der Waals surface area contributed by atoms with E-state index in [0.717, 1.165) is 11.8 Å². The summed E-state index contributed by atoms with van der Waals surface area (Å²) < 4.78 is 10.2. The van der Waals surface area contributed by atoms with Crippen LogP contribution in [0.2, 0.25) is 0 Å². The third-order valence-electron chi connectivity index (χ3n) is 4.86. The lowest BCUT2D eigenvalue weighted by Crippen LogP contribution is -2.28. The Morgan fingerprint density at radius 1 is 0.944 bits per heavy atom. The SMILES string of the molecule is CCOC(=O)[C@H](O)[C@@H](Sc1ccccc1[N+](=O)[O-])c1ccc(OC(=O)c2ccc([N+](=O)[O-])cc2)cc1. The quantitative estimate of drug-likeness (QED) is 0.135. The van der Waals surface area contributed by atoms with Crippen molar-refractivity contribution in [3.63, 3.8) is 0 Å². The molecule has 0 radical (unpaired) electrons. The molecule has 0 spiro atoms. The number of non-ortho nitro benzene ring substituents is 1. The van der Waals surface area contributed by atoms with E-state index in [-0.39, 0.29) is 34.2 Å². The number of para-hydroxylation sites is 1. The number of hydrogen-bond acceptors (Lipinski definition) is 10. The second kappa shape index (κ2) is 11.9. The fourth-order valence-electron chi connectivity index (χ4n) is 3.12. The van der Waals surface area contributed by atoms with Gasteiger partial charge in [0.25, 0.3) is 11.4 Å². The highest BCUT2D eigenvalue weighted by molar-refractivity contribution is 7.99. The fourth-order valence-corrected chi connectivity index (χ4v) is 4.35. The largest absolute Gasteiger partial charge is 0.464 e. The first-order valence-electron chi connectivity index (χ1n) is 10.5. The maximum Gasteiger partial charge on any atom is 0.343 e. The van der Waals surface area contributed by atoms with Crippen molar-refractivity contribution in [2.45, 2.75) is 23.2 Å². The average molecular weight is 512 g/mol. The van der Waals surface area contributed by atoms with Crippen molar-refractivity contribution in [3.05, 3.63) is 104 Å². The molecule has 3 aromatic rings. The molecule has 0 bridgehead atoms. The molecule has 0 aliphatic rings. The molecule has 11 nitrogen and oxygen atoms in total. The number of carbonyl (C=O) groups is 2. The van der Waals surface area contributed by atoms with Crippen LogP contribution in [0.25, 0.3) is 0 Å². The van der Waals surface area contributed by atoms with Crippen LogP contribution in [0.1, 0.15) is 28.1 Å². The Labute approximate surface area is 209 Å². The second-order valence-corrected chi connectivity index (χ2v) is 8.41. The van der Waals surface area contributed by atoms with Crippen molar-refractivity contribution < 1.29 is 34.0 Å². The van der Waals surface area contributed by atoms with Gasteiger partial charge < -0.3 is 14.6 Å². The minimum absolute atomic E-state index is 0.0380. The average Bonchev–Trinajstić information content (AvgIpc) is 2.87. The lowest BCUT2D eigenvalue weighted by molar-refractivity contribution is -0.387. The molecule has 12 heteroatoms. The lowest BCUT2D eigenvalue weighted by atomic mass is 10.1. The van der Waals surface area contributed by atoms with Crippen LogP contribution < -0.4 is 4.74 Å². The van der Waals surface area contributed by atoms with E-state index in [1.165, 1.54) is 66.7 Å². The maximum absolute atomic E-state index is 12.4. The molecule has 3 aromatic carbocycles. The van der Waals surface area contributed by atoms with Crippen LogP contribution in [-0.2, 0) is 9.53 Å². The number of aliphatic hydroxyl groups is 1. The third-order valence-corrected chi connectivity index (χ3v) is 6.25. The molecule has 0 aromatic heterocycles. The van der Waals surface area contributed by atoms with Gasteiger partial charge in [0.15, 0.2) is 6.10 Å². The minimum atomic E-state index is -1.64. The monoisotopic (exact) mass is 512 g/mol. The van der Waals surface area contributed by atoms with E-state index in [4.69, 9.17) is 9.47 Å². The van der Waals surface area contributed by atoms with Crippen LogP contribution in [0.3, 0.4) is 0 Å². The third kappa shape index (κ3) is 6.43. The molecule has 0 saturated heterocycles. The number of nitrogens with zero attached hydrogens (tertiary/aromatic N) is 2. The van der Waals surface area contributed by atoms with Crippen molar-refractivity contribution in [3.8, 4) is 5.75 Å². The van der Waals surface area contributed by atoms with E-state index in [0.29, 0.717) is 5.56 Å². The Bertz CT molecular complexity index is 1260. The summed E-state index contributed by atoms with van der Waals surface area (Å²) in [6.45, 7) is 1.62. The molecule has 0 unspecified atom stereocenters. The second-order valence-electron chi connectivity index (χ2n) is 7.22. The van der Waals surface area contributed by atoms with Gasteiger partial charge in [0, 0.05) is 18.2 Å². The van der Waals surface area contributed by atoms with Crippen LogP contribution in [0, 0.1) is 20.2 Å². The van der Waals surface area contributed by atoms with Crippen molar-refractivity contribution in [2.75, 3.05) is 6.61 Å². The first kappa shape index (κ1) is 26.3. The van der Waals surface area contributed by atoms with Gasteiger partial charge in [-0.1, -0.05) is 24.3 Å². The predicted octanol–water partition coefficient (Wildman–Crippen LogP) is 4.48. The molecular formula is C24H20N2O9S. The lowest BCUT2D eigenvalue weighted by Gasteiger charge is -2.22. The van der Waals surface area contributed by atoms with Crippen LogP contribution in [0.5, 0.6) is 5.75 Å². The van der Waals surface area contributed by atoms with Gasteiger partial charge in [0.05, 0.1) is 32.2 Å². The number of aliphatic hydroxyl groups excluding tert-OH is 1. The zero-order valence-electron chi connectivity index (χ0n) is 18.8. The summed E-state index contributed by atoms with van der Waals surface area (Å²) >= 11 is 0.924. The molecule has 0 amide bonds. The maximum atomic E-state index is 12.4. The van der Waals surface area contributed by atoms with Gasteiger partial charge in [-0.05, 0) is 42.8 Å². The standard InChI is InChI=1S/C24H20N2O9S/c1-2-34-24(29)21(27)22(36-20-6-4-3-5-19(20)26(32)33)15-9-13-18(14-10-15)35-23(28)16-7-11-17(12-8-16)25(30)31/h3-14,21-22,27H,2H2,1H3/t21-,22+/m1/s1. The molecule has 0 fully saturated rings. The summed E-state index contributed by atoms with van der Waals surface area (Å²) in [5.41, 5.74) is 0.177.